The molecule has 0 bridgehead atoms. The van der Waals surface area contributed by atoms with Crippen molar-refractivity contribution in [2.45, 2.75) is 51.7 Å². The predicted octanol–water partition coefficient (Wildman–Crippen LogP) is 3.15. The number of ether oxygens (including phenoxy) is 2. The average molecular weight is 278 g/mol. The van der Waals surface area contributed by atoms with Gasteiger partial charge in [-0.15, -0.1) is 0 Å². The van der Waals surface area contributed by atoms with Crippen LogP contribution in [-0.4, -0.2) is 41.2 Å². The maximum Gasteiger partial charge on any atom is 0.410 e. The Morgan fingerprint density at radius 1 is 1.33 bits per heavy atom. The molecule has 1 amide bonds. The molecule has 0 spiro atoms. The molecule has 1 aliphatic rings. The maximum absolute atomic E-state index is 12.0. The molecule has 0 unspecified atom stereocenters. The van der Waals surface area contributed by atoms with Gasteiger partial charge in [-0.05, 0) is 40.0 Å². The van der Waals surface area contributed by atoms with Crippen LogP contribution < -0.4 is 0 Å². The van der Waals surface area contributed by atoms with E-state index in [1.165, 1.54) is 0 Å². The standard InChI is InChI=1S/C12H20ClNO4/c1-12(2,3)18-11(16)14-7-5-4-6-9(14)8-17-10(13)15/h9H,4-8H2,1-3H3/t9-/m1/s1. The van der Waals surface area contributed by atoms with Gasteiger partial charge in [0.2, 0.25) is 0 Å². The molecule has 0 N–H and O–H groups in total. The lowest BCUT2D eigenvalue weighted by atomic mass is 10.0. The zero-order valence-electron chi connectivity index (χ0n) is 11.1. The van der Waals surface area contributed by atoms with Crippen molar-refractivity contribution in [1.82, 2.24) is 4.90 Å². The van der Waals surface area contributed by atoms with Gasteiger partial charge in [-0.25, -0.2) is 9.59 Å². The molecule has 0 aliphatic carbocycles. The highest BCUT2D eigenvalue weighted by Crippen LogP contribution is 2.20. The fourth-order valence-electron chi connectivity index (χ4n) is 1.90. The molecular weight excluding hydrogens is 258 g/mol. The first-order chi connectivity index (χ1) is 8.29. The zero-order valence-corrected chi connectivity index (χ0v) is 11.8. The molecule has 1 heterocycles. The first-order valence-corrected chi connectivity index (χ1v) is 6.49. The molecule has 1 fully saturated rings. The lowest BCUT2D eigenvalue weighted by molar-refractivity contribution is 0.00107. The molecule has 1 rings (SSSR count). The number of rotatable bonds is 2. The van der Waals surface area contributed by atoms with E-state index in [2.05, 4.69) is 0 Å². The zero-order chi connectivity index (χ0) is 13.8. The molecule has 0 aromatic carbocycles. The summed E-state index contributed by atoms with van der Waals surface area (Å²) >= 11 is 5.13. The molecule has 5 nitrogen and oxygen atoms in total. The Labute approximate surface area is 112 Å². The van der Waals surface area contributed by atoms with Crippen molar-refractivity contribution in [3.05, 3.63) is 0 Å². The van der Waals surface area contributed by atoms with Crippen LogP contribution in [0, 0.1) is 0 Å². The van der Waals surface area contributed by atoms with Gasteiger partial charge in [-0.3, -0.25) is 0 Å². The van der Waals surface area contributed by atoms with Crippen molar-refractivity contribution in [2.75, 3.05) is 13.2 Å². The van der Waals surface area contributed by atoms with Crippen molar-refractivity contribution >= 4 is 23.1 Å². The maximum atomic E-state index is 12.0. The highest BCUT2D eigenvalue weighted by molar-refractivity contribution is 6.61. The summed E-state index contributed by atoms with van der Waals surface area (Å²) in [7, 11) is 0. The van der Waals surface area contributed by atoms with E-state index in [0.717, 1.165) is 19.3 Å². The number of carbonyl (C=O) groups excluding carboxylic acids is 2. The summed E-state index contributed by atoms with van der Waals surface area (Å²) < 4.78 is 10.1. The van der Waals surface area contributed by atoms with E-state index in [9.17, 15) is 9.59 Å². The van der Waals surface area contributed by atoms with Crippen LogP contribution in [-0.2, 0) is 9.47 Å². The molecule has 6 heteroatoms. The third-order valence-electron chi connectivity index (χ3n) is 2.64. The highest BCUT2D eigenvalue weighted by Gasteiger charge is 2.31. The number of piperidine rings is 1. The molecule has 104 valence electrons. The van der Waals surface area contributed by atoms with Crippen LogP contribution in [0.5, 0.6) is 0 Å². The van der Waals surface area contributed by atoms with Gasteiger partial charge < -0.3 is 14.4 Å². The molecule has 18 heavy (non-hydrogen) atoms. The Kier molecular flexibility index (Phi) is 5.26. The highest BCUT2D eigenvalue weighted by atomic mass is 35.5. The number of halogens is 1. The average Bonchev–Trinajstić information content (AvgIpc) is 2.24. The number of hydrogen-bond acceptors (Lipinski definition) is 4. The molecule has 0 aromatic heterocycles. The minimum absolute atomic E-state index is 0.127. The third-order valence-corrected chi connectivity index (χ3v) is 2.75. The van der Waals surface area contributed by atoms with Crippen LogP contribution in [0.2, 0.25) is 0 Å². The van der Waals surface area contributed by atoms with Crippen molar-refractivity contribution in [3.8, 4) is 0 Å². The molecule has 1 atom stereocenters. The normalized spacial score (nSPS) is 20.4. The van der Waals surface area contributed by atoms with Gasteiger partial charge in [-0.1, -0.05) is 0 Å². The van der Waals surface area contributed by atoms with Crippen LogP contribution in [0.25, 0.3) is 0 Å². The van der Waals surface area contributed by atoms with Crippen molar-refractivity contribution in [2.24, 2.45) is 0 Å². The molecule has 0 radical (unpaired) electrons. The topological polar surface area (TPSA) is 55.8 Å². The van der Waals surface area contributed by atoms with Crippen molar-refractivity contribution in [3.63, 3.8) is 0 Å². The monoisotopic (exact) mass is 277 g/mol. The lowest BCUT2D eigenvalue weighted by Gasteiger charge is -2.36. The van der Waals surface area contributed by atoms with E-state index in [1.807, 2.05) is 20.8 Å². The Morgan fingerprint density at radius 3 is 2.56 bits per heavy atom. The largest absolute Gasteiger partial charge is 0.451 e. The van der Waals surface area contributed by atoms with Crippen LogP contribution in [0.15, 0.2) is 0 Å². The van der Waals surface area contributed by atoms with Gasteiger partial charge in [-0.2, -0.15) is 0 Å². The summed E-state index contributed by atoms with van der Waals surface area (Å²) in [4.78, 5) is 24.2. The van der Waals surface area contributed by atoms with Crippen LogP contribution in [0.1, 0.15) is 40.0 Å². The third kappa shape index (κ3) is 5.12. The Bertz CT molecular complexity index is 314. The first kappa shape index (κ1) is 15.1. The second-order valence-electron chi connectivity index (χ2n) is 5.37. The first-order valence-electron chi connectivity index (χ1n) is 6.11. The Morgan fingerprint density at radius 2 is 2.00 bits per heavy atom. The van der Waals surface area contributed by atoms with E-state index < -0.39 is 11.0 Å². The Balaban J connectivity index is 2.58. The van der Waals surface area contributed by atoms with Crippen molar-refractivity contribution < 1.29 is 19.1 Å². The molecule has 1 saturated heterocycles. The van der Waals surface area contributed by atoms with E-state index in [0.29, 0.717) is 6.54 Å². The molecular formula is C12H20ClNO4. The fourth-order valence-corrected chi connectivity index (χ4v) is 1.96. The minimum atomic E-state index is -0.843. The number of amides is 1. The summed E-state index contributed by atoms with van der Waals surface area (Å²) in [6.45, 7) is 6.22. The molecule has 0 aromatic rings. The van der Waals surface area contributed by atoms with Gasteiger partial charge >= 0.3 is 11.5 Å². The SMILES string of the molecule is CC(C)(C)OC(=O)N1CCCC[C@@H]1COC(=O)Cl. The predicted molar refractivity (Wildman–Crippen MR) is 67.8 cm³/mol. The number of carbonyl (C=O) groups is 2. The summed E-state index contributed by atoms with van der Waals surface area (Å²) in [6, 6.07) is -0.142. The number of likely N-dealkylation sites (tertiary alicyclic amines) is 1. The quantitative estimate of drug-likeness (QED) is 0.728. The summed E-state index contributed by atoms with van der Waals surface area (Å²) in [6.07, 6.45) is 2.37. The lowest BCUT2D eigenvalue weighted by Crippen LogP contribution is -2.48. The van der Waals surface area contributed by atoms with E-state index in [1.54, 1.807) is 4.90 Å². The smallest absolute Gasteiger partial charge is 0.410 e. The number of hydrogen-bond donors (Lipinski definition) is 0. The van der Waals surface area contributed by atoms with E-state index in [4.69, 9.17) is 21.1 Å². The van der Waals surface area contributed by atoms with Crippen LogP contribution >= 0.6 is 11.6 Å². The van der Waals surface area contributed by atoms with Gasteiger partial charge in [0.1, 0.15) is 12.2 Å². The molecule has 0 saturated carbocycles. The van der Waals surface area contributed by atoms with Gasteiger partial charge in [0, 0.05) is 18.1 Å². The second kappa shape index (κ2) is 6.27. The Hall–Kier alpha value is -0.970. The van der Waals surface area contributed by atoms with Crippen LogP contribution in [0.3, 0.4) is 0 Å². The van der Waals surface area contributed by atoms with Crippen LogP contribution in [0.4, 0.5) is 9.59 Å². The fraction of sp³-hybridized carbons (Fsp3) is 0.833. The summed E-state index contributed by atoms with van der Waals surface area (Å²) in [5.41, 5.74) is -1.37. The van der Waals surface area contributed by atoms with Gasteiger partial charge in [0.25, 0.3) is 0 Å². The summed E-state index contributed by atoms with van der Waals surface area (Å²) in [5.74, 6) is 0. The van der Waals surface area contributed by atoms with E-state index >= 15 is 0 Å². The van der Waals surface area contributed by atoms with Gasteiger partial charge in [0.05, 0.1) is 6.04 Å². The second-order valence-corrected chi connectivity index (χ2v) is 5.68. The minimum Gasteiger partial charge on any atom is -0.451 e. The summed E-state index contributed by atoms with van der Waals surface area (Å²) in [5, 5.41) is 0. The van der Waals surface area contributed by atoms with Gasteiger partial charge in [0.15, 0.2) is 0 Å². The molecule has 1 aliphatic heterocycles. The van der Waals surface area contributed by atoms with E-state index in [-0.39, 0.29) is 18.7 Å². The number of nitrogens with zero attached hydrogens (tertiary/aromatic N) is 1. The van der Waals surface area contributed by atoms with Crippen molar-refractivity contribution in [1.29, 1.82) is 0 Å².